The smallest absolute Gasteiger partial charge is 0.189 e. The van der Waals surface area contributed by atoms with E-state index >= 15 is 0 Å². The molecule has 3 aromatic rings. The summed E-state index contributed by atoms with van der Waals surface area (Å²) in [6, 6.07) is 0. The first-order chi connectivity index (χ1) is 12.2. The predicted octanol–water partition coefficient (Wildman–Crippen LogP) is 4.74. The topological polar surface area (TPSA) is 75.7 Å². The van der Waals surface area contributed by atoms with Crippen LogP contribution in [0.2, 0.25) is 0 Å². The summed E-state index contributed by atoms with van der Waals surface area (Å²) in [5, 5.41) is 1.88. The minimum Gasteiger partial charge on any atom is -0.355 e. The SMILES string of the molecule is CC(=O)c1c(C)[nH]c(C(=O)CSc2nc(C)nc3sc(C)c(C)c23)c1C. The summed E-state index contributed by atoms with van der Waals surface area (Å²) >= 11 is 3.08. The van der Waals surface area contributed by atoms with Gasteiger partial charge >= 0.3 is 0 Å². The molecule has 5 nitrogen and oxygen atoms in total. The molecule has 0 atom stereocenters. The van der Waals surface area contributed by atoms with Crippen LogP contribution in [0.1, 0.15) is 55.3 Å². The van der Waals surface area contributed by atoms with Crippen LogP contribution in [-0.4, -0.2) is 32.3 Å². The van der Waals surface area contributed by atoms with E-state index in [1.165, 1.54) is 29.1 Å². The molecule has 3 heterocycles. The van der Waals surface area contributed by atoms with Crippen molar-refractivity contribution >= 4 is 44.9 Å². The van der Waals surface area contributed by atoms with Crippen LogP contribution >= 0.6 is 23.1 Å². The number of fused-ring (bicyclic) bond motifs is 1. The van der Waals surface area contributed by atoms with Gasteiger partial charge in [-0.25, -0.2) is 9.97 Å². The average Bonchev–Trinajstić information content (AvgIpc) is 3.00. The first-order valence-corrected chi connectivity index (χ1v) is 10.1. The maximum absolute atomic E-state index is 12.7. The molecule has 0 saturated heterocycles. The minimum atomic E-state index is -0.0304. The summed E-state index contributed by atoms with van der Waals surface area (Å²) in [6.07, 6.45) is 0. The van der Waals surface area contributed by atoms with Gasteiger partial charge in [-0.05, 0) is 52.7 Å². The van der Waals surface area contributed by atoms with Gasteiger partial charge in [-0.2, -0.15) is 0 Å². The van der Waals surface area contributed by atoms with Gasteiger partial charge in [-0.1, -0.05) is 11.8 Å². The predicted molar refractivity (Wildman–Crippen MR) is 107 cm³/mol. The van der Waals surface area contributed by atoms with Crippen LogP contribution in [0, 0.1) is 34.6 Å². The van der Waals surface area contributed by atoms with Crippen molar-refractivity contribution in [1.82, 2.24) is 15.0 Å². The summed E-state index contributed by atoms with van der Waals surface area (Å²) in [4.78, 5) is 38.8. The highest BCUT2D eigenvalue weighted by atomic mass is 32.2. The number of ketones is 2. The molecule has 0 fully saturated rings. The third kappa shape index (κ3) is 3.21. The second-order valence-electron chi connectivity index (χ2n) is 6.43. The first-order valence-electron chi connectivity index (χ1n) is 8.31. The third-order valence-corrected chi connectivity index (χ3v) is 6.59. The number of aryl methyl sites for hydroxylation is 4. The number of rotatable bonds is 5. The van der Waals surface area contributed by atoms with Gasteiger partial charge in [0.25, 0.3) is 0 Å². The fraction of sp³-hybridized carbons (Fsp3) is 0.368. The lowest BCUT2D eigenvalue weighted by molar-refractivity contribution is 0.101. The highest BCUT2D eigenvalue weighted by molar-refractivity contribution is 8.00. The van der Waals surface area contributed by atoms with Gasteiger partial charge < -0.3 is 4.98 Å². The first kappa shape index (κ1) is 18.8. The van der Waals surface area contributed by atoms with Gasteiger partial charge in [0.15, 0.2) is 11.6 Å². The zero-order valence-corrected chi connectivity index (χ0v) is 17.4. The van der Waals surface area contributed by atoms with Crippen molar-refractivity contribution < 1.29 is 9.59 Å². The zero-order valence-electron chi connectivity index (χ0n) is 15.7. The molecule has 0 radical (unpaired) electrons. The Morgan fingerprint density at radius 3 is 2.38 bits per heavy atom. The van der Waals surface area contributed by atoms with Crippen molar-refractivity contribution in [3.05, 3.63) is 38.8 Å². The van der Waals surface area contributed by atoms with Crippen LogP contribution in [0.25, 0.3) is 10.2 Å². The lowest BCUT2D eigenvalue weighted by Crippen LogP contribution is -2.06. The van der Waals surface area contributed by atoms with Crippen molar-refractivity contribution in [3.63, 3.8) is 0 Å². The lowest BCUT2D eigenvalue weighted by Gasteiger charge is -2.05. The zero-order chi connectivity index (χ0) is 19.2. The van der Waals surface area contributed by atoms with Gasteiger partial charge in [0.2, 0.25) is 0 Å². The number of nitrogens with one attached hydrogen (secondary N) is 1. The maximum atomic E-state index is 12.7. The summed E-state index contributed by atoms with van der Waals surface area (Å²) < 4.78 is 0. The number of aromatic nitrogens is 3. The molecule has 0 aliphatic heterocycles. The largest absolute Gasteiger partial charge is 0.355 e. The van der Waals surface area contributed by atoms with Crippen LogP contribution in [-0.2, 0) is 0 Å². The van der Waals surface area contributed by atoms with Crippen LogP contribution < -0.4 is 0 Å². The Hall–Kier alpha value is -1.99. The molecule has 0 unspecified atom stereocenters. The molecule has 1 N–H and O–H groups in total. The van der Waals surface area contributed by atoms with Crippen molar-refractivity contribution in [2.24, 2.45) is 0 Å². The van der Waals surface area contributed by atoms with E-state index in [-0.39, 0.29) is 17.3 Å². The number of hydrogen-bond donors (Lipinski definition) is 1. The molecule has 0 aromatic carbocycles. The molecule has 0 bridgehead atoms. The summed E-state index contributed by atoms with van der Waals surface area (Å²) in [5.74, 6) is 0.912. The fourth-order valence-electron chi connectivity index (χ4n) is 3.18. The van der Waals surface area contributed by atoms with E-state index in [1.54, 1.807) is 11.3 Å². The van der Waals surface area contributed by atoms with Gasteiger partial charge in [0.1, 0.15) is 15.7 Å². The van der Waals surface area contributed by atoms with Crippen LogP contribution in [0.15, 0.2) is 5.03 Å². The number of thioether (sulfide) groups is 1. The van der Waals surface area contributed by atoms with Gasteiger partial charge in [0.05, 0.1) is 11.4 Å². The molecule has 3 aromatic heterocycles. The lowest BCUT2D eigenvalue weighted by atomic mass is 10.1. The summed E-state index contributed by atoms with van der Waals surface area (Å²) in [7, 11) is 0. The Morgan fingerprint density at radius 1 is 1.08 bits per heavy atom. The van der Waals surface area contributed by atoms with E-state index in [0.717, 1.165) is 26.5 Å². The Morgan fingerprint density at radius 2 is 1.77 bits per heavy atom. The van der Waals surface area contributed by atoms with E-state index < -0.39 is 0 Å². The summed E-state index contributed by atoms with van der Waals surface area (Å²) in [5.41, 5.74) is 3.77. The Bertz CT molecular complexity index is 1050. The highest BCUT2D eigenvalue weighted by Gasteiger charge is 2.21. The van der Waals surface area contributed by atoms with Crippen LogP contribution in [0.5, 0.6) is 0 Å². The van der Waals surface area contributed by atoms with Gasteiger partial charge in [0, 0.05) is 21.5 Å². The van der Waals surface area contributed by atoms with E-state index in [4.69, 9.17) is 0 Å². The minimum absolute atomic E-state index is 0.0274. The number of thiophene rings is 1. The second kappa shape index (κ2) is 6.96. The Balaban J connectivity index is 1.90. The van der Waals surface area contributed by atoms with E-state index in [9.17, 15) is 9.59 Å². The van der Waals surface area contributed by atoms with Crippen LogP contribution in [0.3, 0.4) is 0 Å². The Kier molecular flexibility index (Phi) is 5.03. The van der Waals surface area contributed by atoms with E-state index in [0.29, 0.717) is 17.1 Å². The number of Topliss-reactive ketones (excluding diaryl/α,β-unsaturated/α-hetero) is 2. The highest BCUT2D eigenvalue weighted by Crippen LogP contribution is 2.35. The summed E-state index contributed by atoms with van der Waals surface area (Å²) in [6.45, 7) is 11.2. The Labute approximate surface area is 160 Å². The number of H-pyrrole nitrogens is 1. The molecule has 0 aliphatic rings. The number of hydrogen-bond acceptors (Lipinski definition) is 6. The molecule has 0 aliphatic carbocycles. The molecular formula is C19H21N3O2S2. The number of carbonyl (C=O) groups is 2. The molecule has 3 rings (SSSR count). The van der Waals surface area contributed by atoms with Gasteiger partial charge in [-0.3, -0.25) is 9.59 Å². The molecule has 0 spiro atoms. The molecule has 0 amide bonds. The normalized spacial score (nSPS) is 11.3. The maximum Gasteiger partial charge on any atom is 0.189 e. The van der Waals surface area contributed by atoms with Gasteiger partial charge in [-0.15, -0.1) is 11.3 Å². The molecule has 136 valence electrons. The van der Waals surface area contributed by atoms with Crippen molar-refractivity contribution in [1.29, 1.82) is 0 Å². The average molecular weight is 388 g/mol. The van der Waals surface area contributed by atoms with E-state index in [1.807, 2.05) is 20.8 Å². The van der Waals surface area contributed by atoms with E-state index in [2.05, 4.69) is 28.8 Å². The molecule has 0 saturated carbocycles. The molecule has 26 heavy (non-hydrogen) atoms. The standard InChI is InChI=1S/C19H21N3O2S2/c1-8-12(5)26-19-16(8)18(21-13(6)22-19)25-7-14(24)17-9(2)15(11(4)23)10(3)20-17/h20H,7H2,1-6H3. The molecular weight excluding hydrogens is 366 g/mol. The number of aromatic amines is 1. The number of carbonyl (C=O) groups excluding carboxylic acids is 2. The van der Waals surface area contributed by atoms with Crippen molar-refractivity contribution in [3.8, 4) is 0 Å². The second-order valence-corrected chi connectivity index (χ2v) is 8.60. The number of nitrogens with zero attached hydrogens (tertiary/aromatic N) is 2. The fourth-order valence-corrected chi connectivity index (χ4v) is 5.32. The monoisotopic (exact) mass is 387 g/mol. The van der Waals surface area contributed by atoms with Crippen LogP contribution in [0.4, 0.5) is 0 Å². The van der Waals surface area contributed by atoms with Crippen molar-refractivity contribution in [2.45, 2.75) is 46.6 Å². The van der Waals surface area contributed by atoms with Crippen molar-refractivity contribution in [2.75, 3.05) is 5.75 Å². The quantitative estimate of drug-likeness (QED) is 0.389. The molecule has 7 heteroatoms. The third-order valence-electron chi connectivity index (χ3n) is 4.52.